The first-order valence-corrected chi connectivity index (χ1v) is 9.13. The van der Waals surface area contributed by atoms with Gasteiger partial charge in [-0.3, -0.25) is 0 Å². The zero-order valence-corrected chi connectivity index (χ0v) is 15.8. The molecule has 3 heteroatoms. The summed E-state index contributed by atoms with van der Waals surface area (Å²) in [6, 6.07) is 0. The van der Waals surface area contributed by atoms with Crippen molar-refractivity contribution in [2.24, 2.45) is 0 Å². The fourth-order valence-corrected chi connectivity index (χ4v) is 4.24. The molecular weight excluding hydrogens is 336 g/mol. The molecule has 2 nitrogen and oxygen atoms in total. The molecule has 0 fully saturated rings. The summed E-state index contributed by atoms with van der Waals surface area (Å²) in [5, 5.41) is 9.47. The first-order valence-electron chi connectivity index (χ1n) is 9.13. The maximum absolute atomic E-state index is 8.56. The van der Waals surface area contributed by atoms with E-state index in [1.807, 2.05) is 0 Å². The average Bonchev–Trinajstić information content (AvgIpc) is 3.00. The molecule has 0 bridgehead atoms. The van der Waals surface area contributed by atoms with Gasteiger partial charge in [0, 0.05) is 17.9 Å². The van der Waals surface area contributed by atoms with Gasteiger partial charge in [-0.1, -0.05) is 32.6 Å². The monoisotopic (exact) mass is 366 g/mol. The number of pyridine rings is 1. The standard InChI is InChI=1S/C19H30N2.BrH/c1-2-3-4-5-8-14-21-17-12-7-6-10-15(17)19(20)16-11-9-13-18(16)21;/h20H,2-14H2,1H3;1H. The Morgan fingerprint density at radius 1 is 0.818 bits per heavy atom. The minimum Gasteiger partial charge on any atom is -0.348 e. The van der Waals surface area contributed by atoms with Gasteiger partial charge in [0.25, 0.3) is 0 Å². The third-order valence-electron chi connectivity index (χ3n) is 5.37. The molecule has 0 saturated heterocycles. The van der Waals surface area contributed by atoms with Crippen LogP contribution in [0.3, 0.4) is 0 Å². The van der Waals surface area contributed by atoms with Crippen molar-refractivity contribution in [3.63, 3.8) is 0 Å². The summed E-state index contributed by atoms with van der Waals surface area (Å²) in [5.74, 6) is 0. The molecule has 22 heavy (non-hydrogen) atoms. The van der Waals surface area contributed by atoms with Crippen molar-refractivity contribution in [2.45, 2.75) is 90.5 Å². The second kappa shape index (κ2) is 8.33. The molecule has 0 saturated carbocycles. The largest absolute Gasteiger partial charge is 0.348 e. The summed E-state index contributed by atoms with van der Waals surface area (Å²) >= 11 is 0. The lowest BCUT2D eigenvalue weighted by Crippen LogP contribution is -2.27. The first kappa shape index (κ1) is 17.8. The van der Waals surface area contributed by atoms with Crippen LogP contribution in [0.4, 0.5) is 0 Å². The molecule has 0 aliphatic heterocycles. The van der Waals surface area contributed by atoms with Crippen LogP contribution in [0.2, 0.25) is 0 Å². The second-order valence-corrected chi connectivity index (χ2v) is 6.85. The van der Waals surface area contributed by atoms with Crippen LogP contribution in [-0.4, -0.2) is 4.57 Å². The summed E-state index contributed by atoms with van der Waals surface area (Å²) in [6.07, 6.45) is 15.4. The van der Waals surface area contributed by atoms with Crippen LogP contribution < -0.4 is 5.36 Å². The molecule has 1 aromatic heterocycles. The van der Waals surface area contributed by atoms with Gasteiger partial charge in [0.2, 0.25) is 0 Å². The summed E-state index contributed by atoms with van der Waals surface area (Å²) < 4.78 is 2.65. The Balaban J connectivity index is 0.00000176. The lowest BCUT2D eigenvalue weighted by molar-refractivity contribution is 0.517. The summed E-state index contributed by atoms with van der Waals surface area (Å²) in [6.45, 7) is 3.49. The van der Waals surface area contributed by atoms with Crippen LogP contribution in [0.15, 0.2) is 0 Å². The minimum absolute atomic E-state index is 0. The highest BCUT2D eigenvalue weighted by Gasteiger charge is 2.23. The number of unbranched alkanes of at least 4 members (excludes halogenated alkanes) is 4. The molecule has 0 spiro atoms. The Morgan fingerprint density at radius 2 is 1.41 bits per heavy atom. The van der Waals surface area contributed by atoms with Crippen LogP contribution in [-0.2, 0) is 32.2 Å². The van der Waals surface area contributed by atoms with E-state index in [4.69, 9.17) is 5.41 Å². The molecule has 0 aromatic carbocycles. The second-order valence-electron chi connectivity index (χ2n) is 6.85. The lowest BCUT2D eigenvalue weighted by atomic mass is 9.92. The number of aromatic nitrogens is 1. The third-order valence-corrected chi connectivity index (χ3v) is 5.37. The van der Waals surface area contributed by atoms with Crippen LogP contribution in [0.1, 0.15) is 80.8 Å². The van der Waals surface area contributed by atoms with E-state index in [9.17, 15) is 0 Å². The molecule has 3 rings (SSSR count). The maximum atomic E-state index is 8.56. The van der Waals surface area contributed by atoms with E-state index in [-0.39, 0.29) is 17.0 Å². The smallest absolute Gasteiger partial charge is 0.0638 e. The van der Waals surface area contributed by atoms with Crippen molar-refractivity contribution in [1.82, 2.24) is 4.57 Å². The maximum Gasteiger partial charge on any atom is 0.0638 e. The van der Waals surface area contributed by atoms with Crippen LogP contribution in [0.5, 0.6) is 0 Å². The zero-order valence-electron chi connectivity index (χ0n) is 14.0. The Labute approximate surface area is 145 Å². The fraction of sp³-hybridized carbons (Fsp3) is 0.737. The normalized spacial score (nSPS) is 16.0. The Kier molecular flexibility index (Phi) is 6.73. The van der Waals surface area contributed by atoms with Gasteiger partial charge in [-0.2, -0.15) is 0 Å². The molecule has 0 radical (unpaired) electrons. The van der Waals surface area contributed by atoms with Crippen LogP contribution in [0.25, 0.3) is 0 Å². The van der Waals surface area contributed by atoms with Gasteiger partial charge in [-0.05, 0) is 62.5 Å². The van der Waals surface area contributed by atoms with Crippen molar-refractivity contribution < 1.29 is 0 Å². The van der Waals surface area contributed by atoms with E-state index < -0.39 is 0 Å². The highest BCUT2D eigenvalue weighted by molar-refractivity contribution is 8.93. The van der Waals surface area contributed by atoms with Gasteiger partial charge in [-0.15, -0.1) is 17.0 Å². The number of rotatable bonds is 6. The average molecular weight is 367 g/mol. The molecule has 0 amide bonds. The van der Waals surface area contributed by atoms with Crippen LogP contribution >= 0.6 is 17.0 Å². The van der Waals surface area contributed by atoms with Crippen molar-refractivity contribution >= 4 is 17.0 Å². The van der Waals surface area contributed by atoms with E-state index in [1.165, 1.54) is 93.3 Å². The molecule has 2 aliphatic rings. The minimum atomic E-state index is 0. The highest BCUT2D eigenvalue weighted by atomic mass is 79.9. The van der Waals surface area contributed by atoms with E-state index in [2.05, 4.69) is 11.5 Å². The number of hydrogen-bond donors (Lipinski definition) is 1. The number of fused-ring (bicyclic) bond motifs is 2. The van der Waals surface area contributed by atoms with E-state index in [0.717, 1.165) is 18.2 Å². The van der Waals surface area contributed by atoms with Gasteiger partial charge in [0.1, 0.15) is 0 Å². The quantitative estimate of drug-likeness (QED) is 0.694. The van der Waals surface area contributed by atoms with Gasteiger partial charge in [-0.25, -0.2) is 0 Å². The number of nitrogens with one attached hydrogen (secondary N) is 1. The summed E-state index contributed by atoms with van der Waals surface area (Å²) in [7, 11) is 0. The predicted molar refractivity (Wildman–Crippen MR) is 98.0 cm³/mol. The third kappa shape index (κ3) is 3.50. The van der Waals surface area contributed by atoms with Gasteiger partial charge < -0.3 is 9.98 Å². The molecule has 2 aliphatic carbocycles. The predicted octanol–water partition coefficient (Wildman–Crippen LogP) is 4.88. The van der Waals surface area contributed by atoms with E-state index >= 15 is 0 Å². The highest BCUT2D eigenvalue weighted by Crippen LogP contribution is 2.27. The van der Waals surface area contributed by atoms with Crippen molar-refractivity contribution in [1.29, 1.82) is 5.41 Å². The molecule has 124 valence electrons. The van der Waals surface area contributed by atoms with E-state index in [1.54, 1.807) is 0 Å². The lowest BCUT2D eigenvalue weighted by Gasteiger charge is -2.26. The number of halogens is 1. The van der Waals surface area contributed by atoms with Crippen molar-refractivity contribution in [2.75, 3.05) is 0 Å². The fourth-order valence-electron chi connectivity index (χ4n) is 4.24. The van der Waals surface area contributed by atoms with Crippen molar-refractivity contribution in [3.05, 3.63) is 27.9 Å². The van der Waals surface area contributed by atoms with Gasteiger partial charge >= 0.3 is 0 Å². The van der Waals surface area contributed by atoms with Crippen molar-refractivity contribution in [3.8, 4) is 0 Å². The molecule has 1 heterocycles. The molecule has 0 atom stereocenters. The number of hydrogen-bond acceptors (Lipinski definition) is 1. The van der Waals surface area contributed by atoms with E-state index in [0.29, 0.717) is 0 Å². The zero-order chi connectivity index (χ0) is 14.7. The Hall–Kier alpha value is -0.570. The Morgan fingerprint density at radius 3 is 2.14 bits per heavy atom. The summed E-state index contributed by atoms with van der Waals surface area (Å²) in [4.78, 5) is 0. The van der Waals surface area contributed by atoms with Gasteiger partial charge in [0.05, 0.1) is 5.36 Å². The van der Waals surface area contributed by atoms with Gasteiger partial charge in [0.15, 0.2) is 0 Å². The topological polar surface area (TPSA) is 28.8 Å². The summed E-state index contributed by atoms with van der Waals surface area (Å²) in [5.41, 5.74) is 5.85. The molecular formula is C19H31BrN2. The molecule has 1 aromatic rings. The first-order chi connectivity index (χ1) is 10.3. The Bertz CT molecular complexity index is 560. The van der Waals surface area contributed by atoms with Crippen LogP contribution in [0, 0.1) is 5.41 Å². The SMILES string of the molecule is Br.CCCCCCCn1c2c(c(=N)c3c1CCC3)CCCC2. The molecule has 0 unspecified atom stereocenters. The number of nitrogens with zero attached hydrogens (tertiary/aromatic N) is 1. The molecule has 1 N–H and O–H groups in total.